The van der Waals surface area contributed by atoms with Gasteiger partial charge in [-0.1, -0.05) is 41.0 Å². The maximum atomic E-state index is 12.8. The number of aromatic nitrogens is 1. The molecule has 0 N–H and O–H groups in total. The predicted molar refractivity (Wildman–Crippen MR) is 120 cm³/mol. The molecule has 1 aliphatic rings. The van der Waals surface area contributed by atoms with E-state index in [2.05, 4.69) is 4.99 Å². The highest BCUT2D eigenvalue weighted by Crippen LogP contribution is 2.31. The van der Waals surface area contributed by atoms with E-state index in [1.807, 2.05) is 0 Å². The first kappa shape index (κ1) is 21.5. The minimum absolute atomic E-state index is 0.187. The Morgan fingerprint density at radius 1 is 1.00 bits per heavy atom. The molecule has 0 aliphatic carbocycles. The Balaban J connectivity index is 1.65. The molecule has 1 amide bonds. The van der Waals surface area contributed by atoms with Gasteiger partial charge in [-0.15, -0.1) is 0 Å². The molecule has 1 saturated heterocycles. The van der Waals surface area contributed by atoms with E-state index < -0.39 is 15.9 Å². The van der Waals surface area contributed by atoms with Crippen LogP contribution in [0.3, 0.4) is 0 Å². The number of nitrogens with zero attached hydrogens (tertiary/aromatic N) is 3. The lowest BCUT2D eigenvalue weighted by molar-refractivity contribution is 0.0998. The summed E-state index contributed by atoms with van der Waals surface area (Å²) in [6, 6.07) is 9.32. The number of carbonyl (C=O) groups is 1. The van der Waals surface area contributed by atoms with Crippen molar-refractivity contribution < 1.29 is 13.2 Å². The van der Waals surface area contributed by atoms with Crippen LogP contribution in [0, 0.1) is 0 Å². The molecule has 1 aromatic heterocycles. The van der Waals surface area contributed by atoms with Crippen molar-refractivity contribution in [3.05, 3.63) is 56.8 Å². The maximum Gasteiger partial charge on any atom is 0.279 e. The highest BCUT2D eigenvalue weighted by atomic mass is 35.5. The van der Waals surface area contributed by atoms with E-state index in [9.17, 15) is 13.2 Å². The molecule has 0 spiro atoms. The molecule has 1 fully saturated rings. The number of sulfonamides is 1. The van der Waals surface area contributed by atoms with Crippen molar-refractivity contribution in [3.63, 3.8) is 0 Å². The molecule has 2 heterocycles. The zero-order valence-electron chi connectivity index (χ0n) is 16.1. The highest BCUT2D eigenvalue weighted by Gasteiger charge is 2.26. The van der Waals surface area contributed by atoms with Crippen LogP contribution in [-0.2, 0) is 17.1 Å². The summed E-state index contributed by atoms with van der Waals surface area (Å²) >= 11 is 13.8. The van der Waals surface area contributed by atoms with Crippen molar-refractivity contribution in [1.29, 1.82) is 0 Å². The quantitative estimate of drug-likeness (QED) is 0.551. The number of hydrogen-bond donors (Lipinski definition) is 0. The second kappa shape index (κ2) is 8.43. The molecular formula is C20H19Cl2N3O3S2. The second-order valence-corrected chi connectivity index (χ2v) is 10.8. The third-order valence-corrected chi connectivity index (χ3v) is 8.91. The highest BCUT2D eigenvalue weighted by molar-refractivity contribution is 7.89. The van der Waals surface area contributed by atoms with E-state index in [-0.39, 0.29) is 4.90 Å². The Morgan fingerprint density at radius 2 is 1.63 bits per heavy atom. The number of carbonyl (C=O) groups excluding carboxylic acids is 1. The van der Waals surface area contributed by atoms with Gasteiger partial charge < -0.3 is 4.57 Å². The zero-order chi connectivity index (χ0) is 21.5. The fourth-order valence-corrected chi connectivity index (χ4v) is 6.63. The molecule has 0 bridgehead atoms. The summed E-state index contributed by atoms with van der Waals surface area (Å²) in [5, 5.41) is 1.06. The standard InChI is InChI=1S/C20H19Cl2N3O3S2/c1-24-17-15(21)9-10-16(22)18(17)29-20(24)23-19(26)13-5-7-14(8-6-13)30(27,28)25-11-3-2-4-12-25/h5-10H,2-4,11-12H2,1H3. The Kier molecular flexibility index (Phi) is 6.05. The molecule has 0 unspecified atom stereocenters. The molecule has 0 saturated carbocycles. The summed E-state index contributed by atoms with van der Waals surface area (Å²) in [5.74, 6) is -0.466. The first-order chi connectivity index (χ1) is 14.3. The normalized spacial score (nSPS) is 16.3. The van der Waals surface area contributed by atoms with E-state index in [0.717, 1.165) is 24.0 Å². The number of benzene rings is 2. The first-order valence-electron chi connectivity index (χ1n) is 9.42. The molecule has 2 aromatic carbocycles. The van der Waals surface area contributed by atoms with Crippen LogP contribution in [0.5, 0.6) is 0 Å². The van der Waals surface area contributed by atoms with Gasteiger partial charge in [-0.25, -0.2) is 8.42 Å². The molecule has 10 heteroatoms. The molecule has 1 aliphatic heterocycles. The van der Waals surface area contributed by atoms with Gasteiger partial charge in [-0.3, -0.25) is 4.79 Å². The van der Waals surface area contributed by atoms with Crippen LogP contribution in [0.4, 0.5) is 0 Å². The fraction of sp³-hybridized carbons (Fsp3) is 0.300. The monoisotopic (exact) mass is 483 g/mol. The minimum atomic E-state index is -3.54. The summed E-state index contributed by atoms with van der Waals surface area (Å²) in [5.41, 5.74) is 1.02. The topological polar surface area (TPSA) is 71.7 Å². The van der Waals surface area contributed by atoms with E-state index in [0.29, 0.717) is 39.0 Å². The number of thiazole rings is 1. The second-order valence-electron chi connectivity index (χ2n) is 7.06. The SMILES string of the molecule is Cn1c(=NC(=O)c2ccc(S(=O)(=O)N3CCCCC3)cc2)sc2c(Cl)ccc(Cl)c21. The Morgan fingerprint density at radius 3 is 2.27 bits per heavy atom. The number of aryl methyl sites for hydroxylation is 1. The maximum absolute atomic E-state index is 12.8. The molecule has 6 nitrogen and oxygen atoms in total. The van der Waals surface area contributed by atoms with E-state index in [4.69, 9.17) is 23.2 Å². The van der Waals surface area contributed by atoms with E-state index in [1.54, 1.807) is 23.7 Å². The van der Waals surface area contributed by atoms with Crippen molar-refractivity contribution in [2.24, 2.45) is 12.0 Å². The lowest BCUT2D eigenvalue weighted by Gasteiger charge is -2.25. The average molecular weight is 484 g/mol. The van der Waals surface area contributed by atoms with Crippen molar-refractivity contribution in [3.8, 4) is 0 Å². The van der Waals surface area contributed by atoms with Gasteiger partial charge in [0.2, 0.25) is 10.0 Å². The Hall–Kier alpha value is -1.71. The van der Waals surface area contributed by atoms with E-state index >= 15 is 0 Å². The molecule has 0 radical (unpaired) electrons. The van der Waals surface area contributed by atoms with Gasteiger partial charge in [-0.2, -0.15) is 9.30 Å². The predicted octanol–water partition coefficient (Wildman–Crippen LogP) is 4.46. The Labute approximate surface area is 188 Å². The van der Waals surface area contributed by atoms with E-state index in [1.165, 1.54) is 39.9 Å². The number of fused-ring (bicyclic) bond motifs is 1. The smallest absolute Gasteiger partial charge is 0.279 e. The molecule has 158 valence electrons. The van der Waals surface area contributed by atoms with Gasteiger partial charge in [-0.05, 0) is 49.2 Å². The van der Waals surface area contributed by atoms with Crippen LogP contribution >= 0.6 is 34.5 Å². The molecule has 4 rings (SSSR count). The Bertz CT molecular complexity index is 1290. The minimum Gasteiger partial charge on any atom is -0.318 e. The molecule has 30 heavy (non-hydrogen) atoms. The van der Waals surface area contributed by atoms with Gasteiger partial charge >= 0.3 is 0 Å². The number of piperidine rings is 1. The number of amides is 1. The zero-order valence-corrected chi connectivity index (χ0v) is 19.3. The lowest BCUT2D eigenvalue weighted by Crippen LogP contribution is -2.35. The van der Waals surface area contributed by atoms with Crippen molar-refractivity contribution in [2.45, 2.75) is 24.2 Å². The van der Waals surface area contributed by atoms with Gasteiger partial charge in [0.05, 0.1) is 25.2 Å². The largest absolute Gasteiger partial charge is 0.318 e. The summed E-state index contributed by atoms with van der Waals surface area (Å²) < 4.78 is 29.5. The van der Waals surface area contributed by atoms with Gasteiger partial charge in [0.15, 0.2) is 4.80 Å². The summed E-state index contributed by atoms with van der Waals surface area (Å²) in [6.45, 7) is 1.07. The summed E-state index contributed by atoms with van der Waals surface area (Å²) in [6.07, 6.45) is 2.79. The third kappa shape index (κ3) is 3.94. The number of halogens is 2. The molecule has 3 aromatic rings. The lowest BCUT2D eigenvalue weighted by atomic mass is 10.2. The van der Waals surface area contributed by atoms with Crippen LogP contribution in [0.1, 0.15) is 29.6 Å². The molecule has 0 atom stereocenters. The van der Waals surface area contributed by atoms with Gasteiger partial charge in [0.1, 0.15) is 0 Å². The van der Waals surface area contributed by atoms with Gasteiger partial charge in [0.25, 0.3) is 5.91 Å². The van der Waals surface area contributed by atoms with Crippen LogP contribution < -0.4 is 4.80 Å². The fourth-order valence-electron chi connectivity index (χ4n) is 3.46. The van der Waals surface area contributed by atoms with Crippen molar-refractivity contribution in [2.75, 3.05) is 13.1 Å². The van der Waals surface area contributed by atoms with Crippen molar-refractivity contribution in [1.82, 2.24) is 8.87 Å². The molecular weight excluding hydrogens is 465 g/mol. The summed E-state index contributed by atoms with van der Waals surface area (Å²) in [4.78, 5) is 17.5. The van der Waals surface area contributed by atoms with Crippen LogP contribution in [-0.4, -0.2) is 36.3 Å². The average Bonchev–Trinajstić information content (AvgIpc) is 3.09. The number of hydrogen-bond acceptors (Lipinski definition) is 4. The number of rotatable bonds is 3. The third-order valence-electron chi connectivity index (χ3n) is 5.10. The van der Waals surface area contributed by atoms with Crippen LogP contribution in [0.2, 0.25) is 10.0 Å². The van der Waals surface area contributed by atoms with Crippen LogP contribution in [0.25, 0.3) is 10.2 Å². The van der Waals surface area contributed by atoms with Crippen LogP contribution in [0.15, 0.2) is 46.3 Å². The summed E-state index contributed by atoms with van der Waals surface area (Å²) in [7, 11) is -1.77. The van der Waals surface area contributed by atoms with Gasteiger partial charge in [0, 0.05) is 25.7 Å². The van der Waals surface area contributed by atoms with Crippen molar-refractivity contribution >= 4 is 60.7 Å². The first-order valence-corrected chi connectivity index (χ1v) is 12.4.